The molecule has 1 aliphatic carbocycles. The van der Waals surface area contributed by atoms with Crippen LogP contribution in [0.25, 0.3) is 0 Å². The number of hydrogen-bond acceptors (Lipinski definition) is 3. The quantitative estimate of drug-likeness (QED) is 0.732. The van der Waals surface area contributed by atoms with Gasteiger partial charge < -0.3 is 9.88 Å². The maximum atomic E-state index is 12.9. The Bertz CT molecular complexity index is 967. The SMILES string of the molecule is Cc1cc(C)n(Cc2cccc(C(=O)N[C@@H](c3nccn3C)C3CC3)c2)n1. The molecule has 1 atom stereocenters. The number of carbonyl (C=O) groups is 1. The van der Waals surface area contributed by atoms with Crippen molar-refractivity contribution in [3.63, 3.8) is 0 Å². The molecule has 0 unspecified atom stereocenters. The molecule has 140 valence electrons. The summed E-state index contributed by atoms with van der Waals surface area (Å²) in [6.45, 7) is 4.69. The smallest absolute Gasteiger partial charge is 0.251 e. The van der Waals surface area contributed by atoms with Crippen molar-refractivity contribution in [2.75, 3.05) is 0 Å². The molecular weight excluding hydrogens is 338 g/mol. The molecule has 0 radical (unpaired) electrons. The van der Waals surface area contributed by atoms with Gasteiger partial charge in [0.1, 0.15) is 5.82 Å². The third-order valence-electron chi connectivity index (χ3n) is 5.14. The highest BCUT2D eigenvalue weighted by atomic mass is 16.1. The van der Waals surface area contributed by atoms with Crippen molar-refractivity contribution < 1.29 is 4.79 Å². The summed E-state index contributed by atoms with van der Waals surface area (Å²) in [5.41, 5.74) is 3.86. The molecule has 6 heteroatoms. The second-order valence-electron chi connectivity index (χ2n) is 7.47. The number of hydrogen-bond donors (Lipinski definition) is 1. The molecular formula is C21H25N5O. The molecule has 0 aliphatic heterocycles. The molecule has 1 amide bonds. The second-order valence-corrected chi connectivity index (χ2v) is 7.47. The van der Waals surface area contributed by atoms with Gasteiger partial charge >= 0.3 is 0 Å². The van der Waals surface area contributed by atoms with Gasteiger partial charge in [-0.2, -0.15) is 5.10 Å². The predicted molar refractivity (Wildman–Crippen MR) is 103 cm³/mol. The predicted octanol–water partition coefficient (Wildman–Crippen LogP) is 3.16. The average Bonchev–Trinajstić information content (AvgIpc) is 3.32. The van der Waals surface area contributed by atoms with Crippen LogP contribution in [0.4, 0.5) is 0 Å². The largest absolute Gasteiger partial charge is 0.342 e. The first-order valence-electron chi connectivity index (χ1n) is 9.39. The number of rotatable bonds is 6. The van der Waals surface area contributed by atoms with Crippen LogP contribution < -0.4 is 5.32 Å². The van der Waals surface area contributed by atoms with Gasteiger partial charge in [-0.15, -0.1) is 0 Å². The lowest BCUT2D eigenvalue weighted by atomic mass is 10.1. The van der Waals surface area contributed by atoms with E-state index in [-0.39, 0.29) is 11.9 Å². The number of imidazole rings is 1. The summed E-state index contributed by atoms with van der Waals surface area (Å²) in [7, 11) is 1.97. The van der Waals surface area contributed by atoms with Crippen molar-refractivity contribution in [1.29, 1.82) is 0 Å². The van der Waals surface area contributed by atoms with Gasteiger partial charge in [0.15, 0.2) is 0 Å². The molecule has 1 fully saturated rings. The number of nitrogens with one attached hydrogen (secondary N) is 1. The summed E-state index contributed by atoms with van der Waals surface area (Å²) < 4.78 is 3.95. The van der Waals surface area contributed by atoms with Gasteiger partial charge in [-0.05, 0) is 56.4 Å². The molecule has 6 nitrogen and oxygen atoms in total. The molecule has 0 saturated heterocycles. The maximum Gasteiger partial charge on any atom is 0.251 e. The van der Waals surface area contributed by atoms with Crippen LogP contribution in [0.5, 0.6) is 0 Å². The molecule has 1 N–H and O–H groups in total. The number of aromatic nitrogens is 4. The van der Waals surface area contributed by atoms with Gasteiger partial charge in [0.05, 0.1) is 18.3 Å². The van der Waals surface area contributed by atoms with Crippen LogP contribution in [-0.2, 0) is 13.6 Å². The zero-order chi connectivity index (χ0) is 19.0. The summed E-state index contributed by atoms with van der Waals surface area (Å²) >= 11 is 0. The summed E-state index contributed by atoms with van der Waals surface area (Å²) in [5.74, 6) is 1.35. The Morgan fingerprint density at radius 3 is 2.74 bits per heavy atom. The van der Waals surface area contributed by atoms with Crippen LogP contribution in [0.1, 0.15) is 52.0 Å². The van der Waals surface area contributed by atoms with E-state index in [4.69, 9.17) is 0 Å². The lowest BCUT2D eigenvalue weighted by Gasteiger charge is -2.18. The van der Waals surface area contributed by atoms with E-state index in [0.29, 0.717) is 18.0 Å². The summed E-state index contributed by atoms with van der Waals surface area (Å²) in [6, 6.07) is 9.81. The first-order valence-corrected chi connectivity index (χ1v) is 9.39. The lowest BCUT2D eigenvalue weighted by Crippen LogP contribution is -2.31. The minimum Gasteiger partial charge on any atom is -0.342 e. The number of nitrogens with zero attached hydrogens (tertiary/aromatic N) is 4. The van der Waals surface area contributed by atoms with Crippen LogP contribution in [-0.4, -0.2) is 25.2 Å². The van der Waals surface area contributed by atoms with Gasteiger partial charge in [-0.1, -0.05) is 12.1 Å². The molecule has 0 spiro atoms. The van der Waals surface area contributed by atoms with Crippen LogP contribution in [0.2, 0.25) is 0 Å². The molecule has 27 heavy (non-hydrogen) atoms. The highest BCUT2D eigenvalue weighted by molar-refractivity contribution is 5.94. The summed E-state index contributed by atoms with van der Waals surface area (Å²) in [6.07, 6.45) is 5.98. The van der Waals surface area contributed by atoms with Gasteiger partial charge in [-0.3, -0.25) is 9.48 Å². The highest BCUT2D eigenvalue weighted by Crippen LogP contribution is 2.40. The van der Waals surface area contributed by atoms with Gasteiger partial charge in [0.25, 0.3) is 5.91 Å². The van der Waals surface area contributed by atoms with Crippen molar-refractivity contribution in [1.82, 2.24) is 24.6 Å². The molecule has 2 heterocycles. The molecule has 2 aromatic heterocycles. The number of carbonyl (C=O) groups excluding carboxylic acids is 1. The Morgan fingerprint density at radius 1 is 1.30 bits per heavy atom. The van der Waals surface area contributed by atoms with E-state index < -0.39 is 0 Å². The number of amides is 1. The molecule has 1 saturated carbocycles. The Balaban J connectivity index is 1.52. The fourth-order valence-corrected chi connectivity index (χ4v) is 3.54. The first kappa shape index (κ1) is 17.5. The fourth-order valence-electron chi connectivity index (χ4n) is 3.54. The summed E-state index contributed by atoms with van der Waals surface area (Å²) in [4.78, 5) is 17.3. The number of benzene rings is 1. The van der Waals surface area contributed by atoms with Crippen LogP contribution in [0, 0.1) is 19.8 Å². The topological polar surface area (TPSA) is 64.7 Å². The Labute approximate surface area is 159 Å². The second kappa shape index (κ2) is 7.02. The van der Waals surface area contributed by atoms with Crippen molar-refractivity contribution in [2.45, 2.75) is 39.3 Å². The Morgan fingerprint density at radius 2 is 2.11 bits per heavy atom. The monoisotopic (exact) mass is 363 g/mol. The molecule has 3 aromatic rings. The minimum absolute atomic E-state index is 0.0304. The zero-order valence-corrected chi connectivity index (χ0v) is 16.0. The fraction of sp³-hybridized carbons (Fsp3) is 0.381. The van der Waals surface area contributed by atoms with Gasteiger partial charge in [-0.25, -0.2) is 4.98 Å². The third-order valence-corrected chi connectivity index (χ3v) is 5.14. The molecule has 0 bridgehead atoms. The standard InChI is InChI=1S/C21H25N5O/c1-14-11-15(2)26(24-14)13-16-5-4-6-18(12-16)21(27)23-19(17-7-8-17)20-22-9-10-25(20)3/h4-6,9-12,17,19H,7-8,13H2,1-3H3,(H,23,27)/t19-/m1/s1. The average molecular weight is 363 g/mol. The highest BCUT2D eigenvalue weighted by Gasteiger charge is 2.35. The molecule has 1 aromatic carbocycles. The normalized spacial score (nSPS) is 14.9. The zero-order valence-electron chi connectivity index (χ0n) is 16.0. The third kappa shape index (κ3) is 3.79. The van der Waals surface area contributed by atoms with E-state index in [0.717, 1.165) is 35.6 Å². The Kier molecular flexibility index (Phi) is 4.56. The van der Waals surface area contributed by atoms with Crippen LogP contribution >= 0.6 is 0 Å². The van der Waals surface area contributed by atoms with Crippen molar-refractivity contribution in [2.24, 2.45) is 13.0 Å². The van der Waals surface area contributed by atoms with E-state index in [9.17, 15) is 4.79 Å². The van der Waals surface area contributed by atoms with E-state index in [2.05, 4.69) is 21.5 Å². The molecule has 1 aliphatic rings. The van der Waals surface area contributed by atoms with E-state index in [1.165, 1.54) is 0 Å². The van der Waals surface area contributed by atoms with Crippen LogP contribution in [0.3, 0.4) is 0 Å². The van der Waals surface area contributed by atoms with E-state index >= 15 is 0 Å². The van der Waals surface area contributed by atoms with Gasteiger partial charge in [0, 0.05) is 30.7 Å². The van der Waals surface area contributed by atoms with E-state index in [1.54, 1.807) is 6.20 Å². The summed E-state index contributed by atoms with van der Waals surface area (Å²) in [5, 5.41) is 7.71. The first-order chi connectivity index (χ1) is 13.0. The van der Waals surface area contributed by atoms with Crippen molar-refractivity contribution >= 4 is 5.91 Å². The Hall–Kier alpha value is -2.89. The number of aryl methyl sites for hydroxylation is 3. The minimum atomic E-state index is -0.0508. The molecule has 4 rings (SSSR count). The maximum absolute atomic E-state index is 12.9. The van der Waals surface area contributed by atoms with E-state index in [1.807, 2.05) is 60.6 Å². The van der Waals surface area contributed by atoms with Crippen LogP contribution in [0.15, 0.2) is 42.7 Å². The van der Waals surface area contributed by atoms with Crippen molar-refractivity contribution in [3.8, 4) is 0 Å². The van der Waals surface area contributed by atoms with Gasteiger partial charge in [0.2, 0.25) is 0 Å². The van der Waals surface area contributed by atoms with Crippen molar-refractivity contribution in [3.05, 3.63) is 71.1 Å². The lowest BCUT2D eigenvalue weighted by molar-refractivity contribution is 0.0929.